The van der Waals surface area contributed by atoms with Crippen LogP contribution in [-0.2, 0) is 16.1 Å². The molecule has 0 spiro atoms. The van der Waals surface area contributed by atoms with Crippen LogP contribution >= 0.6 is 35.0 Å². The maximum Gasteiger partial charge on any atom is 0.243 e. The molecular formula is C22H23Cl2N5O2S. The van der Waals surface area contributed by atoms with E-state index in [1.54, 1.807) is 25.2 Å². The van der Waals surface area contributed by atoms with Gasteiger partial charge in [0.1, 0.15) is 0 Å². The van der Waals surface area contributed by atoms with Crippen molar-refractivity contribution < 1.29 is 9.59 Å². The average molecular weight is 492 g/mol. The van der Waals surface area contributed by atoms with E-state index in [2.05, 4.69) is 15.5 Å². The third-order valence-electron chi connectivity index (χ3n) is 4.75. The van der Waals surface area contributed by atoms with Crippen molar-refractivity contribution in [3.05, 3.63) is 58.1 Å². The fourth-order valence-electron chi connectivity index (χ4n) is 3.02. The number of amides is 2. The summed E-state index contributed by atoms with van der Waals surface area (Å²) in [6.45, 7) is 4.62. The first kappa shape index (κ1) is 24.1. The van der Waals surface area contributed by atoms with Crippen molar-refractivity contribution in [1.29, 1.82) is 0 Å². The van der Waals surface area contributed by atoms with E-state index in [9.17, 15) is 9.59 Å². The van der Waals surface area contributed by atoms with Gasteiger partial charge in [0.25, 0.3) is 0 Å². The van der Waals surface area contributed by atoms with Crippen LogP contribution < -0.4 is 5.32 Å². The number of rotatable bonds is 8. The molecule has 0 fully saturated rings. The van der Waals surface area contributed by atoms with Gasteiger partial charge in [-0.15, -0.1) is 10.2 Å². The predicted octanol–water partition coefficient (Wildman–Crippen LogP) is 4.77. The lowest BCUT2D eigenvalue weighted by atomic mass is 10.1. The van der Waals surface area contributed by atoms with Gasteiger partial charge in [-0.1, -0.05) is 59.2 Å². The summed E-state index contributed by atoms with van der Waals surface area (Å²) in [5, 5.41) is 12.7. The molecule has 7 nitrogen and oxygen atoms in total. The van der Waals surface area contributed by atoms with Crippen LogP contribution in [0.4, 0.5) is 5.69 Å². The quantitative estimate of drug-likeness (QED) is 0.459. The van der Waals surface area contributed by atoms with Crippen molar-refractivity contribution in [2.24, 2.45) is 0 Å². The van der Waals surface area contributed by atoms with E-state index in [-0.39, 0.29) is 24.1 Å². The molecule has 0 radical (unpaired) electrons. The molecule has 0 aliphatic carbocycles. The summed E-state index contributed by atoms with van der Waals surface area (Å²) in [5.41, 5.74) is 2.63. The van der Waals surface area contributed by atoms with Crippen molar-refractivity contribution in [1.82, 2.24) is 19.7 Å². The summed E-state index contributed by atoms with van der Waals surface area (Å²) in [5.74, 6) is 0.391. The second kappa shape index (κ2) is 10.8. The third-order valence-corrected chi connectivity index (χ3v) is 6.44. The number of anilines is 1. The van der Waals surface area contributed by atoms with Crippen molar-refractivity contribution in [3.63, 3.8) is 0 Å². The highest BCUT2D eigenvalue weighted by molar-refractivity contribution is 7.99. The molecule has 0 saturated carbocycles. The lowest BCUT2D eigenvalue weighted by molar-refractivity contribution is -0.131. The number of aromatic nitrogens is 3. The smallest absolute Gasteiger partial charge is 0.243 e. The van der Waals surface area contributed by atoms with Crippen LogP contribution in [-0.4, -0.2) is 50.8 Å². The number of benzene rings is 2. The predicted molar refractivity (Wildman–Crippen MR) is 129 cm³/mol. The zero-order valence-corrected chi connectivity index (χ0v) is 20.3. The number of hydrogen-bond donors (Lipinski definition) is 1. The monoisotopic (exact) mass is 491 g/mol. The molecule has 1 heterocycles. The molecule has 32 heavy (non-hydrogen) atoms. The van der Waals surface area contributed by atoms with Crippen LogP contribution in [0.5, 0.6) is 0 Å². The van der Waals surface area contributed by atoms with Crippen LogP contribution in [0.3, 0.4) is 0 Å². The normalized spacial score (nSPS) is 10.8. The minimum Gasteiger partial charge on any atom is -0.336 e. The second-order valence-electron chi connectivity index (χ2n) is 7.08. The fourth-order valence-corrected chi connectivity index (χ4v) is 4.26. The van der Waals surface area contributed by atoms with E-state index in [0.717, 1.165) is 17.0 Å². The Hall–Kier alpha value is -2.55. The highest BCUT2D eigenvalue weighted by Gasteiger charge is 2.18. The zero-order valence-electron chi connectivity index (χ0n) is 17.9. The lowest BCUT2D eigenvalue weighted by Gasteiger charge is -2.17. The minimum atomic E-state index is -0.331. The Bertz CT molecular complexity index is 1140. The molecule has 2 aromatic carbocycles. The topological polar surface area (TPSA) is 80.1 Å². The van der Waals surface area contributed by atoms with E-state index in [0.29, 0.717) is 27.4 Å². The Morgan fingerprint density at radius 2 is 1.88 bits per heavy atom. The molecule has 0 saturated heterocycles. The molecule has 3 aromatic rings. The number of halogens is 2. The summed E-state index contributed by atoms with van der Waals surface area (Å²) in [4.78, 5) is 26.2. The Balaban J connectivity index is 1.58. The Morgan fingerprint density at radius 1 is 1.12 bits per heavy atom. The lowest BCUT2D eigenvalue weighted by Crippen LogP contribution is -2.36. The van der Waals surface area contributed by atoms with Crippen molar-refractivity contribution in [3.8, 4) is 11.4 Å². The van der Waals surface area contributed by atoms with E-state index in [4.69, 9.17) is 23.2 Å². The van der Waals surface area contributed by atoms with Gasteiger partial charge < -0.3 is 14.8 Å². The summed E-state index contributed by atoms with van der Waals surface area (Å²) >= 11 is 13.1. The molecule has 168 valence electrons. The molecule has 3 rings (SSSR count). The zero-order chi connectivity index (χ0) is 23.3. The Kier molecular flexibility index (Phi) is 8.17. The van der Waals surface area contributed by atoms with Gasteiger partial charge in [0, 0.05) is 24.8 Å². The van der Waals surface area contributed by atoms with Gasteiger partial charge in [0.15, 0.2) is 11.0 Å². The molecule has 0 atom stereocenters. The van der Waals surface area contributed by atoms with Crippen LogP contribution in [0.15, 0.2) is 47.6 Å². The van der Waals surface area contributed by atoms with Crippen molar-refractivity contribution >= 4 is 52.5 Å². The maximum absolute atomic E-state index is 12.6. The van der Waals surface area contributed by atoms with Gasteiger partial charge in [-0.3, -0.25) is 9.59 Å². The summed E-state index contributed by atoms with van der Waals surface area (Å²) in [7, 11) is 1.58. The molecule has 0 aliphatic rings. The summed E-state index contributed by atoms with van der Waals surface area (Å²) in [6, 6.07) is 12.8. The number of hydrogen-bond acceptors (Lipinski definition) is 5. The number of aryl methyl sites for hydroxylation is 1. The average Bonchev–Trinajstić information content (AvgIpc) is 3.17. The molecule has 10 heteroatoms. The van der Waals surface area contributed by atoms with Gasteiger partial charge in [-0.25, -0.2) is 0 Å². The van der Waals surface area contributed by atoms with E-state index in [1.807, 2.05) is 42.7 Å². The number of carbonyl (C=O) groups is 2. The molecule has 1 N–H and O–H groups in total. The van der Waals surface area contributed by atoms with Gasteiger partial charge in [0.05, 0.1) is 22.3 Å². The third kappa shape index (κ3) is 5.82. The van der Waals surface area contributed by atoms with E-state index >= 15 is 0 Å². The molecule has 0 unspecified atom stereocenters. The molecule has 0 aliphatic heterocycles. The maximum atomic E-state index is 12.6. The largest absolute Gasteiger partial charge is 0.336 e. The standard InChI is InChI=1S/C22H23Cl2N5O2S/c1-4-29-21(16-8-6-5-7-14(16)2)26-27-22(29)32-13-20(31)28(3)12-19(30)25-15-9-10-17(23)18(24)11-15/h5-11H,4,12-13H2,1-3H3,(H,25,30). The SMILES string of the molecule is CCn1c(SCC(=O)N(C)CC(=O)Nc2ccc(Cl)c(Cl)c2)nnc1-c1ccccc1C. The van der Waals surface area contributed by atoms with Gasteiger partial charge >= 0.3 is 0 Å². The van der Waals surface area contributed by atoms with Crippen molar-refractivity contribution in [2.75, 3.05) is 24.7 Å². The van der Waals surface area contributed by atoms with E-state index in [1.165, 1.54) is 16.7 Å². The highest BCUT2D eigenvalue weighted by Crippen LogP contribution is 2.27. The van der Waals surface area contributed by atoms with Gasteiger partial charge in [-0.2, -0.15) is 0 Å². The number of likely N-dealkylation sites (N-methyl/N-ethyl adjacent to an activating group) is 1. The first-order valence-electron chi connectivity index (χ1n) is 9.91. The number of nitrogens with zero attached hydrogens (tertiary/aromatic N) is 4. The van der Waals surface area contributed by atoms with Gasteiger partial charge in [-0.05, 0) is 37.6 Å². The first-order valence-corrected chi connectivity index (χ1v) is 11.6. The molecule has 2 amide bonds. The summed E-state index contributed by atoms with van der Waals surface area (Å²) < 4.78 is 1.98. The Labute approximate surface area is 201 Å². The number of thioether (sulfide) groups is 1. The molecule has 0 bridgehead atoms. The number of carbonyl (C=O) groups excluding carboxylic acids is 2. The van der Waals surface area contributed by atoms with Gasteiger partial charge in [0.2, 0.25) is 11.8 Å². The van der Waals surface area contributed by atoms with Crippen LogP contribution in [0.2, 0.25) is 10.0 Å². The van der Waals surface area contributed by atoms with Crippen LogP contribution in [0.1, 0.15) is 12.5 Å². The highest BCUT2D eigenvalue weighted by atomic mass is 35.5. The first-order chi connectivity index (χ1) is 15.3. The molecular weight excluding hydrogens is 469 g/mol. The number of nitrogens with one attached hydrogen (secondary N) is 1. The minimum absolute atomic E-state index is 0.0887. The van der Waals surface area contributed by atoms with Crippen molar-refractivity contribution in [2.45, 2.75) is 25.5 Å². The van der Waals surface area contributed by atoms with Crippen LogP contribution in [0, 0.1) is 6.92 Å². The summed E-state index contributed by atoms with van der Waals surface area (Å²) in [6.07, 6.45) is 0. The Morgan fingerprint density at radius 3 is 2.56 bits per heavy atom. The second-order valence-corrected chi connectivity index (χ2v) is 8.84. The fraction of sp³-hybridized carbons (Fsp3) is 0.273. The van der Waals surface area contributed by atoms with Crippen LogP contribution in [0.25, 0.3) is 11.4 Å². The molecule has 1 aromatic heterocycles. The van der Waals surface area contributed by atoms with E-state index < -0.39 is 0 Å².